The van der Waals surface area contributed by atoms with Gasteiger partial charge in [-0.3, -0.25) is 0 Å². The third kappa shape index (κ3) is 5.05. The van der Waals surface area contributed by atoms with Crippen molar-refractivity contribution >= 4 is 39.0 Å². The van der Waals surface area contributed by atoms with Crippen molar-refractivity contribution in [2.45, 2.75) is 57.8 Å². The van der Waals surface area contributed by atoms with Gasteiger partial charge in [0, 0.05) is 49.7 Å². The Morgan fingerprint density at radius 2 is 1.00 bits per heavy atom. The van der Waals surface area contributed by atoms with Crippen molar-refractivity contribution in [3.63, 3.8) is 0 Å². The van der Waals surface area contributed by atoms with Gasteiger partial charge in [-0.15, -0.1) is 0 Å². The fourth-order valence-corrected chi connectivity index (χ4v) is 11.2. The van der Waals surface area contributed by atoms with E-state index in [1.807, 2.05) is 0 Å². The van der Waals surface area contributed by atoms with Crippen LogP contribution in [0.1, 0.15) is 69.2 Å². The van der Waals surface area contributed by atoms with Crippen LogP contribution in [0.3, 0.4) is 0 Å². The summed E-state index contributed by atoms with van der Waals surface area (Å²) in [4.78, 5) is 2.54. The second-order valence-corrected chi connectivity index (χ2v) is 17.2. The Balaban J connectivity index is 0.00000397. The molecule has 0 radical (unpaired) electrons. The van der Waals surface area contributed by atoms with Gasteiger partial charge in [0.05, 0.1) is 5.69 Å². The van der Waals surface area contributed by atoms with Crippen LogP contribution in [0.25, 0.3) is 66.4 Å². The molecular weight excluding hydrogens is 715 g/mol. The van der Waals surface area contributed by atoms with E-state index in [1.165, 1.54) is 81.6 Å². The average Bonchev–Trinajstić information content (AvgIpc) is 4.04. The first kappa shape index (κ1) is 35.5. The molecule has 9 aromatic rings. The molecule has 1 spiro atoms. The van der Waals surface area contributed by atoms with Crippen LogP contribution in [-0.2, 0) is 10.8 Å². The summed E-state index contributed by atoms with van der Waals surface area (Å²) in [6, 6.07) is 65.2. The summed E-state index contributed by atoms with van der Waals surface area (Å²) in [6.45, 7) is 4.75. The number of hydrogen-bond donors (Lipinski definition) is 0. The van der Waals surface area contributed by atoms with Crippen molar-refractivity contribution in [3.8, 4) is 44.5 Å². The Morgan fingerprint density at radius 1 is 0.441 bits per heavy atom. The largest absolute Gasteiger partial charge is 0.455 e. The molecule has 0 amide bonds. The van der Waals surface area contributed by atoms with E-state index in [4.69, 9.17) is 4.42 Å². The van der Waals surface area contributed by atoms with Crippen LogP contribution in [0, 0.1) is 0 Å². The normalized spacial score (nSPS) is 15.2. The van der Waals surface area contributed by atoms with Gasteiger partial charge in [-0.25, -0.2) is 0 Å². The minimum absolute atomic E-state index is 0. The minimum Gasteiger partial charge on any atom is -0.455 e. The number of anilines is 3. The second-order valence-electron chi connectivity index (χ2n) is 17.2. The van der Waals surface area contributed by atoms with Gasteiger partial charge in [-0.1, -0.05) is 180 Å². The lowest BCUT2D eigenvalue weighted by Gasteiger charge is -2.31. The molecule has 0 bridgehead atoms. The molecule has 59 heavy (non-hydrogen) atoms. The van der Waals surface area contributed by atoms with Crippen LogP contribution in [0.4, 0.5) is 17.1 Å². The molecule has 8 aromatic carbocycles. The van der Waals surface area contributed by atoms with Gasteiger partial charge in [0.2, 0.25) is 0 Å². The summed E-state index contributed by atoms with van der Waals surface area (Å²) in [5, 5.41) is 2.27. The number of hydrogen-bond acceptors (Lipinski definition) is 2. The molecule has 1 fully saturated rings. The fourth-order valence-electron chi connectivity index (χ4n) is 11.2. The fraction of sp³-hybridized carbons (Fsp3) is 0.158. The van der Waals surface area contributed by atoms with Crippen molar-refractivity contribution in [3.05, 3.63) is 198 Å². The third-order valence-corrected chi connectivity index (χ3v) is 13.8. The maximum Gasteiger partial charge on any atom is 0.143 e. The molecule has 0 unspecified atom stereocenters. The first-order valence-corrected chi connectivity index (χ1v) is 20.9. The first-order chi connectivity index (χ1) is 28.5. The molecular formula is C57H47NO. The van der Waals surface area contributed by atoms with E-state index < -0.39 is 0 Å². The molecule has 0 aliphatic heterocycles. The quantitative estimate of drug-likeness (QED) is 0.174. The average molecular weight is 762 g/mol. The highest BCUT2D eigenvalue weighted by molar-refractivity contribution is 6.13. The monoisotopic (exact) mass is 761 g/mol. The topological polar surface area (TPSA) is 16.4 Å². The van der Waals surface area contributed by atoms with Crippen molar-refractivity contribution in [2.24, 2.45) is 0 Å². The molecule has 0 saturated heterocycles. The zero-order valence-electron chi connectivity index (χ0n) is 32.9. The van der Waals surface area contributed by atoms with Crippen LogP contribution < -0.4 is 4.90 Å². The van der Waals surface area contributed by atoms with Crippen LogP contribution in [0.5, 0.6) is 0 Å². The van der Waals surface area contributed by atoms with Gasteiger partial charge < -0.3 is 9.32 Å². The number of para-hydroxylation sites is 2. The van der Waals surface area contributed by atoms with Crippen LogP contribution in [0.15, 0.2) is 180 Å². The van der Waals surface area contributed by atoms with E-state index in [0.29, 0.717) is 0 Å². The highest BCUT2D eigenvalue weighted by Gasteiger charge is 2.45. The van der Waals surface area contributed by atoms with Gasteiger partial charge >= 0.3 is 0 Å². The van der Waals surface area contributed by atoms with Crippen molar-refractivity contribution < 1.29 is 4.42 Å². The summed E-state index contributed by atoms with van der Waals surface area (Å²) < 4.78 is 6.94. The third-order valence-electron chi connectivity index (χ3n) is 13.8. The Hall–Kier alpha value is -6.64. The lowest BCUT2D eigenvalue weighted by Crippen LogP contribution is -2.21. The standard InChI is InChI=1S/C56H43NO.CH4/c1-55(2)47-26-8-7-21-46(47)52-49(55)28-15-29-51(52)57(39-30-31-43-42-20-6-9-27-48(42)56(50(43)35-39)32-10-11-33-56)38-19-12-18-37(34-38)41-23-14-25-45-44-24-13-22-40(53(44)58-54(41)45)36-16-4-3-5-17-36;/h3-9,12-31,34-35H,10-11,32-33H2,1-2H3;1H4. The van der Waals surface area contributed by atoms with E-state index in [-0.39, 0.29) is 18.3 Å². The number of nitrogens with zero attached hydrogens (tertiary/aromatic N) is 1. The van der Waals surface area contributed by atoms with E-state index in [0.717, 1.165) is 49.9 Å². The number of furan rings is 1. The molecule has 286 valence electrons. The summed E-state index contributed by atoms with van der Waals surface area (Å²) in [6.07, 6.45) is 4.93. The van der Waals surface area contributed by atoms with Crippen molar-refractivity contribution in [1.82, 2.24) is 0 Å². The highest BCUT2D eigenvalue weighted by Crippen LogP contribution is 2.59. The summed E-state index contributed by atoms with van der Waals surface area (Å²) in [5.74, 6) is 0. The first-order valence-electron chi connectivity index (χ1n) is 20.9. The number of benzene rings is 8. The van der Waals surface area contributed by atoms with Gasteiger partial charge in [-0.2, -0.15) is 0 Å². The molecule has 0 atom stereocenters. The smallest absolute Gasteiger partial charge is 0.143 e. The highest BCUT2D eigenvalue weighted by atomic mass is 16.3. The predicted octanol–water partition coefficient (Wildman–Crippen LogP) is 16.2. The molecule has 1 heterocycles. The number of rotatable bonds is 5. The SMILES string of the molecule is C.CC1(C)c2ccccc2-c2c(N(c3cccc(-c4cccc5c4oc4c(-c6ccccc6)cccc45)c3)c3ccc4c(c3)C3(CCCC3)c3ccccc3-4)cccc21. The van der Waals surface area contributed by atoms with E-state index in [9.17, 15) is 0 Å². The Kier molecular flexibility index (Phi) is 7.94. The molecule has 12 rings (SSSR count). The van der Waals surface area contributed by atoms with Gasteiger partial charge in [-0.05, 0) is 93.2 Å². The Bertz CT molecular complexity index is 3100. The van der Waals surface area contributed by atoms with Crippen molar-refractivity contribution in [2.75, 3.05) is 4.90 Å². The Morgan fingerprint density at radius 3 is 1.76 bits per heavy atom. The second kappa shape index (κ2) is 13.2. The lowest BCUT2D eigenvalue weighted by molar-refractivity contribution is 0.550. The molecule has 0 N–H and O–H groups in total. The molecule has 2 nitrogen and oxygen atoms in total. The van der Waals surface area contributed by atoms with Crippen molar-refractivity contribution in [1.29, 1.82) is 0 Å². The van der Waals surface area contributed by atoms with E-state index in [2.05, 4.69) is 195 Å². The number of fused-ring (bicyclic) bond motifs is 11. The summed E-state index contributed by atoms with van der Waals surface area (Å²) >= 11 is 0. The van der Waals surface area contributed by atoms with Crippen LogP contribution in [0.2, 0.25) is 0 Å². The minimum atomic E-state index is -0.113. The van der Waals surface area contributed by atoms with Gasteiger partial charge in [0.1, 0.15) is 11.2 Å². The molecule has 2 heteroatoms. The lowest BCUT2D eigenvalue weighted by atomic mass is 9.76. The zero-order valence-corrected chi connectivity index (χ0v) is 32.9. The zero-order chi connectivity index (χ0) is 38.6. The summed E-state index contributed by atoms with van der Waals surface area (Å²) in [7, 11) is 0. The van der Waals surface area contributed by atoms with Gasteiger partial charge in [0.25, 0.3) is 0 Å². The van der Waals surface area contributed by atoms with Gasteiger partial charge in [0.15, 0.2) is 0 Å². The maximum absolute atomic E-state index is 6.94. The predicted molar refractivity (Wildman–Crippen MR) is 248 cm³/mol. The van der Waals surface area contributed by atoms with E-state index >= 15 is 0 Å². The molecule has 1 saturated carbocycles. The van der Waals surface area contributed by atoms with Crippen LogP contribution in [-0.4, -0.2) is 0 Å². The van der Waals surface area contributed by atoms with Crippen LogP contribution >= 0.6 is 0 Å². The molecule has 3 aliphatic carbocycles. The summed E-state index contributed by atoms with van der Waals surface area (Å²) in [5.41, 5.74) is 21.0. The molecule has 3 aliphatic rings. The maximum atomic E-state index is 6.94. The molecule has 1 aromatic heterocycles. The Labute approximate surface area is 347 Å². The van der Waals surface area contributed by atoms with E-state index in [1.54, 1.807) is 0 Å².